The highest BCUT2D eigenvalue weighted by atomic mass is 16.3. The number of phenols is 1. The molecule has 0 amide bonds. The largest absolute Gasteiger partial charge is 0.508 e. The lowest BCUT2D eigenvalue weighted by molar-refractivity contribution is 0.469. The number of phenolic OH excluding ortho intramolecular Hbond substituents is 1. The molecule has 0 unspecified atom stereocenters. The molecular formula is C10H9NO2. The van der Waals surface area contributed by atoms with Crippen molar-refractivity contribution in [2.75, 3.05) is 0 Å². The number of nitrogens with zero attached hydrogens (tertiary/aromatic N) is 1. The maximum absolute atomic E-state index is 9.88. The zero-order valence-electron chi connectivity index (χ0n) is 7.03. The molecule has 0 aliphatic carbocycles. The first-order valence-corrected chi connectivity index (χ1v) is 3.76. The summed E-state index contributed by atoms with van der Waals surface area (Å²) >= 11 is 0. The van der Waals surface area contributed by atoms with Gasteiger partial charge in [0.2, 0.25) is 6.08 Å². The number of isocyanates is 1. The second-order valence-corrected chi connectivity index (χ2v) is 2.57. The number of benzene rings is 1. The fourth-order valence-corrected chi connectivity index (χ4v) is 0.984. The van der Waals surface area contributed by atoms with Crippen LogP contribution in [0.2, 0.25) is 0 Å². The number of rotatable bonds is 3. The average molecular weight is 175 g/mol. The number of carbonyl (C=O) groups excluding carboxylic acids is 1. The number of aliphatic imine (C=N–C) groups is 1. The van der Waals surface area contributed by atoms with Crippen molar-refractivity contribution in [3.8, 4) is 5.75 Å². The van der Waals surface area contributed by atoms with Crippen molar-refractivity contribution in [3.63, 3.8) is 0 Å². The summed E-state index contributed by atoms with van der Waals surface area (Å²) in [4.78, 5) is 13.2. The second-order valence-electron chi connectivity index (χ2n) is 2.57. The molecule has 1 aromatic carbocycles. The van der Waals surface area contributed by atoms with Crippen LogP contribution >= 0.6 is 0 Å². The van der Waals surface area contributed by atoms with Crippen molar-refractivity contribution < 1.29 is 9.90 Å². The standard InChI is InChI=1S/C10H9NO2/c1-8(11-7-12)6-9-4-2-3-5-10(9)13/h2-5,13H,1,6H2. The highest BCUT2D eigenvalue weighted by molar-refractivity contribution is 5.39. The highest BCUT2D eigenvalue weighted by Crippen LogP contribution is 2.18. The summed E-state index contributed by atoms with van der Waals surface area (Å²) in [6.07, 6.45) is 1.76. The van der Waals surface area contributed by atoms with Gasteiger partial charge in [-0.05, 0) is 11.6 Å². The van der Waals surface area contributed by atoms with Gasteiger partial charge in [-0.25, -0.2) is 4.79 Å². The molecule has 0 spiro atoms. The Morgan fingerprint density at radius 1 is 1.54 bits per heavy atom. The minimum absolute atomic E-state index is 0.185. The third kappa shape index (κ3) is 2.58. The average Bonchev–Trinajstić information content (AvgIpc) is 2.09. The molecule has 1 aromatic rings. The number of hydrogen-bond acceptors (Lipinski definition) is 3. The molecule has 0 fully saturated rings. The van der Waals surface area contributed by atoms with Crippen molar-refractivity contribution in [1.82, 2.24) is 0 Å². The summed E-state index contributed by atoms with van der Waals surface area (Å²) < 4.78 is 0. The minimum atomic E-state index is 0.185. The van der Waals surface area contributed by atoms with Gasteiger partial charge >= 0.3 is 0 Å². The predicted octanol–water partition coefficient (Wildman–Crippen LogP) is 1.78. The van der Waals surface area contributed by atoms with Crippen LogP contribution in [-0.2, 0) is 11.2 Å². The molecule has 3 heteroatoms. The summed E-state index contributed by atoms with van der Waals surface area (Å²) in [6, 6.07) is 6.85. The van der Waals surface area contributed by atoms with Gasteiger partial charge in [0.25, 0.3) is 0 Å². The highest BCUT2D eigenvalue weighted by Gasteiger charge is 2.00. The Morgan fingerprint density at radius 3 is 2.85 bits per heavy atom. The lowest BCUT2D eigenvalue weighted by Crippen LogP contribution is -1.86. The van der Waals surface area contributed by atoms with Crippen molar-refractivity contribution >= 4 is 6.08 Å². The monoisotopic (exact) mass is 175 g/mol. The number of para-hydroxylation sites is 1. The summed E-state index contributed by atoms with van der Waals surface area (Å²) in [5, 5.41) is 9.35. The Bertz CT molecular complexity index is 365. The first-order valence-electron chi connectivity index (χ1n) is 3.76. The van der Waals surface area contributed by atoms with Gasteiger partial charge in [0.05, 0.1) is 5.70 Å². The van der Waals surface area contributed by atoms with Gasteiger partial charge < -0.3 is 5.11 Å². The summed E-state index contributed by atoms with van der Waals surface area (Å²) in [6.45, 7) is 3.54. The van der Waals surface area contributed by atoms with Crippen LogP contribution < -0.4 is 0 Å². The van der Waals surface area contributed by atoms with E-state index in [0.717, 1.165) is 0 Å². The van der Waals surface area contributed by atoms with E-state index in [1.807, 2.05) is 0 Å². The molecular weight excluding hydrogens is 166 g/mol. The zero-order valence-corrected chi connectivity index (χ0v) is 7.03. The Kier molecular flexibility index (Phi) is 3.01. The predicted molar refractivity (Wildman–Crippen MR) is 49.1 cm³/mol. The van der Waals surface area contributed by atoms with Crippen molar-refractivity contribution in [2.45, 2.75) is 6.42 Å². The first-order chi connectivity index (χ1) is 6.24. The fraction of sp³-hybridized carbons (Fsp3) is 0.100. The summed E-state index contributed by atoms with van der Waals surface area (Å²) in [5.74, 6) is 0.185. The van der Waals surface area contributed by atoms with Gasteiger partial charge in [-0.15, -0.1) is 0 Å². The van der Waals surface area contributed by atoms with Crippen LogP contribution in [0.1, 0.15) is 5.56 Å². The van der Waals surface area contributed by atoms with Gasteiger partial charge in [0.15, 0.2) is 0 Å². The second kappa shape index (κ2) is 4.24. The SMILES string of the molecule is C=C(Cc1ccccc1O)N=C=O. The van der Waals surface area contributed by atoms with E-state index < -0.39 is 0 Å². The van der Waals surface area contributed by atoms with Crippen LogP contribution in [0.15, 0.2) is 41.5 Å². The van der Waals surface area contributed by atoms with E-state index >= 15 is 0 Å². The third-order valence-electron chi connectivity index (χ3n) is 1.59. The maximum atomic E-state index is 9.88. The van der Waals surface area contributed by atoms with Gasteiger partial charge in [-0.3, -0.25) is 0 Å². The zero-order chi connectivity index (χ0) is 9.68. The van der Waals surface area contributed by atoms with Gasteiger partial charge in [-0.1, -0.05) is 24.8 Å². The fourth-order valence-electron chi connectivity index (χ4n) is 0.984. The van der Waals surface area contributed by atoms with E-state index in [4.69, 9.17) is 0 Å². The van der Waals surface area contributed by atoms with Crippen LogP contribution in [0, 0.1) is 0 Å². The van der Waals surface area contributed by atoms with Gasteiger partial charge in [0, 0.05) is 6.42 Å². The normalized spacial score (nSPS) is 8.92. The van der Waals surface area contributed by atoms with E-state index in [-0.39, 0.29) is 5.75 Å². The van der Waals surface area contributed by atoms with E-state index in [0.29, 0.717) is 17.7 Å². The molecule has 66 valence electrons. The smallest absolute Gasteiger partial charge is 0.240 e. The Morgan fingerprint density at radius 2 is 2.23 bits per heavy atom. The number of hydrogen-bond donors (Lipinski definition) is 1. The Hall–Kier alpha value is -1.86. The molecule has 0 bridgehead atoms. The van der Waals surface area contributed by atoms with E-state index in [1.54, 1.807) is 24.3 Å². The number of aromatic hydroxyl groups is 1. The van der Waals surface area contributed by atoms with Crippen LogP contribution in [0.25, 0.3) is 0 Å². The molecule has 0 aliphatic rings. The quantitative estimate of drug-likeness (QED) is 0.562. The van der Waals surface area contributed by atoms with Crippen LogP contribution in [0.5, 0.6) is 5.75 Å². The first kappa shape index (κ1) is 9.23. The lowest BCUT2D eigenvalue weighted by atomic mass is 10.1. The summed E-state index contributed by atoms with van der Waals surface area (Å²) in [5.41, 5.74) is 1.09. The molecule has 0 atom stereocenters. The molecule has 1 N–H and O–H groups in total. The van der Waals surface area contributed by atoms with Crippen molar-refractivity contribution in [3.05, 3.63) is 42.1 Å². The van der Waals surface area contributed by atoms with Crippen molar-refractivity contribution in [1.29, 1.82) is 0 Å². The van der Waals surface area contributed by atoms with Crippen LogP contribution in [0.4, 0.5) is 0 Å². The third-order valence-corrected chi connectivity index (χ3v) is 1.59. The van der Waals surface area contributed by atoms with E-state index in [2.05, 4.69) is 11.6 Å². The van der Waals surface area contributed by atoms with E-state index in [9.17, 15) is 9.90 Å². The molecule has 0 saturated heterocycles. The number of allylic oxidation sites excluding steroid dienone is 1. The molecule has 1 rings (SSSR count). The molecule has 0 aromatic heterocycles. The van der Waals surface area contributed by atoms with E-state index in [1.165, 1.54) is 6.08 Å². The molecule has 13 heavy (non-hydrogen) atoms. The molecule has 3 nitrogen and oxygen atoms in total. The van der Waals surface area contributed by atoms with Crippen LogP contribution in [0.3, 0.4) is 0 Å². The van der Waals surface area contributed by atoms with Crippen LogP contribution in [-0.4, -0.2) is 11.2 Å². The maximum Gasteiger partial charge on any atom is 0.240 e. The molecule has 0 heterocycles. The Labute approximate surface area is 76.1 Å². The summed E-state index contributed by atoms with van der Waals surface area (Å²) in [7, 11) is 0. The van der Waals surface area contributed by atoms with Gasteiger partial charge in [0.1, 0.15) is 5.75 Å². The molecule has 0 radical (unpaired) electrons. The topological polar surface area (TPSA) is 49.7 Å². The van der Waals surface area contributed by atoms with Gasteiger partial charge in [-0.2, -0.15) is 4.99 Å². The van der Waals surface area contributed by atoms with Crippen molar-refractivity contribution in [2.24, 2.45) is 4.99 Å². The Balaban J connectivity index is 2.80. The molecule has 0 aliphatic heterocycles. The lowest BCUT2D eigenvalue weighted by Gasteiger charge is -2.01. The molecule has 0 saturated carbocycles. The minimum Gasteiger partial charge on any atom is -0.508 e.